The van der Waals surface area contributed by atoms with E-state index in [4.69, 9.17) is 4.98 Å². The summed E-state index contributed by atoms with van der Waals surface area (Å²) in [6, 6.07) is 2.87. The van der Waals surface area contributed by atoms with Crippen molar-refractivity contribution in [3.63, 3.8) is 0 Å². The molecule has 0 aliphatic carbocycles. The minimum Gasteiger partial charge on any atom is -0.356 e. The summed E-state index contributed by atoms with van der Waals surface area (Å²) in [7, 11) is 0. The summed E-state index contributed by atoms with van der Waals surface area (Å²) >= 11 is 0. The van der Waals surface area contributed by atoms with Crippen LogP contribution in [0.1, 0.15) is 44.1 Å². The molecule has 2 saturated heterocycles. The van der Waals surface area contributed by atoms with Gasteiger partial charge in [-0.1, -0.05) is 13.8 Å². The smallest absolute Gasteiger partial charge is 0.133 e. The van der Waals surface area contributed by atoms with Crippen LogP contribution in [0.3, 0.4) is 0 Å². The maximum Gasteiger partial charge on any atom is 0.133 e. The van der Waals surface area contributed by atoms with Crippen molar-refractivity contribution in [3.05, 3.63) is 17.6 Å². The summed E-state index contributed by atoms with van der Waals surface area (Å²) < 4.78 is 0. The first-order valence-electron chi connectivity index (χ1n) is 7.47. The molecule has 2 aliphatic heterocycles. The Morgan fingerprint density at radius 3 is 2.95 bits per heavy atom. The molecule has 2 atom stereocenters. The van der Waals surface area contributed by atoms with Gasteiger partial charge in [0.25, 0.3) is 0 Å². The lowest BCUT2D eigenvalue weighted by molar-refractivity contribution is 0.374. The Hall–Kier alpha value is -1.16. The quantitative estimate of drug-likeness (QED) is 0.884. The van der Waals surface area contributed by atoms with E-state index in [1.165, 1.54) is 19.4 Å². The van der Waals surface area contributed by atoms with E-state index in [-0.39, 0.29) is 0 Å². The molecule has 0 aromatic carbocycles. The zero-order valence-corrected chi connectivity index (χ0v) is 12.2. The lowest BCUT2D eigenvalue weighted by atomic mass is 9.93. The molecule has 2 fully saturated rings. The van der Waals surface area contributed by atoms with E-state index in [1.54, 1.807) is 0 Å². The number of hydrogen-bond donors (Lipinski definition) is 1. The molecule has 1 aromatic heterocycles. The summed E-state index contributed by atoms with van der Waals surface area (Å²) in [5, 5.41) is 3.61. The van der Waals surface area contributed by atoms with Gasteiger partial charge < -0.3 is 10.2 Å². The van der Waals surface area contributed by atoms with Crippen LogP contribution in [0, 0.1) is 12.8 Å². The van der Waals surface area contributed by atoms with Gasteiger partial charge in [-0.15, -0.1) is 0 Å². The number of nitrogens with zero attached hydrogens (tertiary/aromatic N) is 3. The number of piperidine rings is 1. The van der Waals surface area contributed by atoms with Gasteiger partial charge in [-0.25, -0.2) is 9.97 Å². The molecule has 0 radical (unpaired) electrons. The first-order chi connectivity index (χ1) is 9.13. The minimum absolute atomic E-state index is 0.393. The van der Waals surface area contributed by atoms with Gasteiger partial charge in [-0.2, -0.15) is 0 Å². The number of fused-ring (bicyclic) bond motifs is 1. The van der Waals surface area contributed by atoms with Crippen molar-refractivity contribution in [2.45, 2.75) is 45.6 Å². The Morgan fingerprint density at radius 1 is 1.32 bits per heavy atom. The molecule has 2 unspecified atom stereocenters. The summed E-state index contributed by atoms with van der Waals surface area (Å²) in [6.45, 7) is 9.83. The van der Waals surface area contributed by atoms with Crippen LogP contribution in [0.15, 0.2) is 6.07 Å². The van der Waals surface area contributed by atoms with Crippen LogP contribution in [0.5, 0.6) is 0 Å². The maximum atomic E-state index is 4.77. The molecule has 0 bridgehead atoms. The average Bonchev–Trinajstić information content (AvgIpc) is 2.85. The molecule has 4 heteroatoms. The fraction of sp³-hybridized carbons (Fsp3) is 0.733. The van der Waals surface area contributed by atoms with Crippen LogP contribution in [-0.4, -0.2) is 35.6 Å². The Balaban J connectivity index is 1.81. The molecule has 0 saturated carbocycles. The highest BCUT2D eigenvalue weighted by Crippen LogP contribution is 2.28. The van der Waals surface area contributed by atoms with E-state index < -0.39 is 0 Å². The monoisotopic (exact) mass is 260 g/mol. The highest BCUT2D eigenvalue weighted by molar-refractivity contribution is 5.41. The van der Waals surface area contributed by atoms with Crippen molar-refractivity contribution in [2.75, 3.05) is 24.5 Å². The van der Waals surface area contributed by atoms with E-state index in [2.05, 4.69) is 42.0 Å². The van der Waals surface area contributed by atoms with Crippen molar-refractivity contribution in [1.29, 1.82) is 0 Å². The first-order valence-corrected chi connectivity index (χ1v) is 7.47. The number of nitrogens with one attached hydrogen (secondary N) is 1. The van der Waals surface area contributed by atoms with Gasteiger partial charge in [0.1, 0.15) is 11.6 Å². The van der Waals surface area contributed by atoms with Gasteiger partial charge in [0, 0.05) is 36.8 Å². The minimum atomic E-state index is 0.393. The third-order valence-corrected chi connectivity index (χ3v) is 4.35. The fourth-order valence-electron chi connectivity index (χ4n) is 3.25. The van der Waals surface area contributed by atoms with Crippen molar-refractivity contribution in [3.8, 4) is 0 Å². The second kappa shape index (κ2) is 5.08. The number of aromatic nitrogens is 2. The van der Waals surface area contributed by atoms with Crippen LogP contribution in [-0.2, 0) is 0 Å². The van der Waals surface area contributed by atoms with Gasteiger partial charge in [-0.3, -0.25) is 0 Å². The summed E-state index contributed by atoms with van der Waals surface area (Å²) in [5.41, 5.74) is 1.08. The predicted molar refractivity (Wildman–Crippen MR) is 77.6 cm³/mol. The van der Waals surface area contributed by atoms with Crippen molar-refractivity contribution < 1.29 is 0 Å². The van der Waals surface area contributed by atoms with E-state index in [1.807, 2.05) is 0 Å². The molecule has 3 rings (SSSR count). The van der Waals surface area contributed by atoms with E-state index >= 15 is 0 Å². The molecule has 1 aromatic rings. The van der Waals surface area contributed by atoms with Crippen molar-refractivity contribution in [2.24, 2.45) is 5.92 Å². The second-order valence-electron chi connectivity index (χ2n) is 6.22. The van der Waals surface area contributed by atoms with Crippen molar-refractivity contribution >= 4 is 5.82 Å². The normalized spacial score (nSPS) is 26.8. The summed E-state index contributed by atoms with van der Waals surface area (Å²) in [6.07, 6.45) is 2.55. The maximum absolute atomic E-state index is 4.77. The van der Waals surface area contributed by atoms with Crippen LogP contribution in [0.25, 0.3) is 0 Å². The van der Waals surface area contributed by atoms with Crippen LogP contribution < -0.4 is 10.2 Å². The summed E-state index contributed by atoms with van der Waals surface area (Å²) in [4.78, 5) is 11.8. The Bertz CT molecular complexity index is 457. The van der Waals surface area contributed by atoms with E-state index in [0.717, 1.165) is 42.4 Å². The third-order valence-electron chi connectivity index (χ3n) is 4.35. The predicted octanol–water partition coefficient (Wildman–Crippen LogP) is 2.10. The Morgan fingerprint density at radius 2 is 2.16 bits per heavy atom. The van der Waals surface area contributed by atoms with Crippen molar-refractivity contribution in [1.82, 2.24) is 15.3 Å². The van der Waals surface area contributed by atoms with Crippen LogP contribution >= 0.6 is 0 Å². The largest absolute Gasteiger partial charge is 0.356 e. The fourth-order valence-corrected chi connectivity index (χ4v) is 3.25. The third kappa shape index (κ3) is 2.59. The van der Waals surface area contributed by atoms with Gasteiger partial charge in [0.05, 0.1) is 0 Å². The second-order valence-corrected chi connectivity index (χ2v) is 6.22. The molecule has 104 valence electrons. The molecule has 0 amide bonds. The first kappa shape index (κ1) is 12.9. The van der Waals surface area contributed by atoms with Crippen LogP contribution in [0.2, 0.25) is 0 Å². The zero-order valence-electron chi connectivity index (χ0n) is 12.2. The highest BCUT2D eigenvalue weighted by Gasteiger charge is 2.33. The molecule has 2 aliphatic rings. The molecule has 0 spiro atoms. The van der Waals surface area contributed by atoms with Gasteiger partial charge in [0.2, 0.25) is 0 Å². The standard InChI is InChI=1S/C15H24N4/c1-10(2)15-17-11(3)8-14(18-15)19-7-5-13-12(9-19)4-6-16-13/h8,10,12-13,16H,4-7,9H2,1-3H3. The molecule has 19 heavy (non-hydrogen) atoms. The number of hydrogen-bond acceptors (Lipinski definition) is 4. The number of aryl methyl sites for hydroxylation is 1. The Labute approximate surface area is 115 Å². The Kier molecular flexibility index (Phi) is 3.44. The lowest BCUT2D eigenvalue weighted by Crippen LogP contribution is -2.44. The van der Waals surface area contributed by atoms with E-state index in [9.17, 15) is 0 Å². The van der Waals surface area contributed by atoms with Gasteiger partial charge >= 0.3 is 0 Å². The molecule has 1 N–H and O–H groups in total. The molecule has 4 nitrogen and oxygen atoms in total. The topological polar surface area (TPSA) is 41.0 Å². The zero-order chi connectivity index (χ0) is 13.4. The highest BCUT2D eigenvalue weighted by atomic mass is 15.2. The van der Waals surface area contributed by atoms with E-state index in [0.29, 0.717) is 5.92 Å². The lowest BCUT2D eigenvalue weighted by Gasteiger charge is -2.35. The van der Waals surface area contributed by atoms with Crippen LogP contribution in [0.4, 0.5) is 5.82 Å². The number of anilines is 1. The van der Waals surface area contributed by atoms with Gasteiger partial charge in [-0.05, 0) is 32.2 Å². The molecular weight excluding hydrogens is 236 g/mol. The molecular formula is C15H24N4. The average molecular weight is 260 g/mol. The van der Waals surface area contributed by atoms with Gasteiger partial charge in [0.15, 0.2) is 0 Å². The molecule has 3 heterocycles. The summed E-state index contributed by atoms with van der Waals surface area (Å²) in [5.74, 6) is 3.29. The number of rotatable bonds is 2. The SMILES string of the molecule is Cc1cc(N2CCC3NCCC3C2)nc(C(C)C)n1.